The highest BCUT2D eigenvalue weighted by Gasteiger charge is 2.22. The van der Waals surface area contributed by atoms with Gasteiger partial charge in [-0.1, -0.05) is 0 Å². The molecule has 24 heavy (non-hydrogen) atoms. The van der Waals surface area contributed by atoms with Crippen molar-refractivity contribution >= 4 is 22.8 Å². The number of likely N-dealkylation sites (tertiary alicyclic amines) is 1. The zero-order valence-corrected chi connectivity index (χ0v) is 14.3. The van der Waals surface area contributed by atoms with Crippen LogP contribution in [0, 0.1) is 13.8 Å². The number of amides is 2. The Hall–Kier alpha value is -2.50. The number of carbonyl (C=O) groups is 2. The summed E-state index contributed by atoms with van der Waals surface area (Å²) in [6, 6.07) is 5.51. The second-order valence-corrected chi connectivity index (χ2v) is 6.35. The van der Waals surface area contributed by atoms with Gasteiger partial charge in [-0.2, -0.15) is 0 Å². The van der Waals surface area contributed by atoms with Crippen LogP contribution >= 0.6 is 0 Å². The quantitative estimate of drug-likeness (QED) is 0.916. The SMILES string of the molecule is CC(=O)N1CCC(NC(=O)c2ccc3nc(C)c(C)nc3c2)CC1. The van der Waals surface area contributed by atoms with Crippen molar-refractivity contribution in [2.75, 3.05) is 13.1 Å². The van der Waals surface area contributed by atoms with E-state index in [1.807, 2.05) is 24.8 Å². The molecule has 1 aromatic carbocycles. The molecule has 3 rings (SSSR count). The second-order valence-electron chi connectivity index (χ2n) is 6.35. The first-order chi connectivity index (χ1) is 11.4. The van der Waals surface area contributed by atoms with Gasteiger partial charge in [-0.25, -0.2) is 9.97 Å². The van der Waals surface area contributed by atoms with Gasteiger partial charge in [-0.05, 0) is 44.9 Å². The minimum Gasteiger partial charge on any atom is -0.349 e. The summed E-state index contributed by atoms with van der Waals surface area (Å²) in [4.78, 5) is 34.6. The number of aromatic nitrogens is 2. The van der Waals surface area contributed by atoms with E-state index in [-0.39, 0.29) is 17.9 Å². The van der Waals surface area contributed by atoms with Crippen molar-refractivity contribution in [1.82, 2.24) is 20.2 Å². The second kappa shape index (κ2) is 6.55. The van der Waals surface area contributed by atoms with Gasteiger partial charge in [0.1, 0.15) is 0 Å². The van der Waals surface area contributed by atoms with Gasteiger partial charge in [0.15, 0.2) is 0 Å². The summed E-state index contributed by atoms with van der Waals surface area (Å²) in [5.74, 6) is -0.00301. The number of carbonyl (C=O) groups excluding carboxylic acids is 2. The van der Waals surface area contributed by atoms with E-state index in [4.69, 9.17) is 0 Å². The maximum atomic E-state index is 12.5. The zero-order chi connectivity index (χ0) is 17.3. The van der Waals surface area contributed by atoms with E-state index in [0.29, 0.717) is 18.7 Å². The van der Waals surface area contributed by atoms with Crippen molar-refractivity contribution in [1.29, 1.82) is 0 Å². The normalized spacial score (nSPS) is 15.5. The fourth-order valence-corrected chi connectivity index (χ4v) is 2.98. The average molecular weight is 326 g/mol. The largest absolute Gasteiger partial charge is 0.349 e. The summed E-state index contributed by atoms with van der Waals surface area (Å²) in [5, 5.41) is 3.06. The molecule has 0 spiro atoms. The zero-order valence-electron chi connectivity index (χ0n) is 14.3. The highest BCUT2D eigenvalue weighted by atomic mass is 16.2. The lowest BCUT2D eigenvalue weighted by Crippen LogP contribution is -2.46. The number of aryl methyl sites for hydroxylation is 2. The third-order valence-corrected chi connectivity index (χ3v) is 4.61. The molecule has 0 saturated carbocycles. The molecule has 1 aliphatic rings. The van der Waals surface area contributed by atoms with Gasteiger partial charge in [0.05, 0.1) is 22.4 Å². The highest BCUT2D eigenvalue weighted by Crippen LogP contribution is 2.16. The fourth-order valence-electron chi connectivity index (χ4n) is 2.98. The number of nitrogens with zero attached hydrogens (tertiary/aromatic N) is 3. The Labute approximate surface area is 141 Å². The molecule has 1 N–H and O–H groups in total. The first kappa shape index (κ1) is 16.4. The van der Waals surface area contributed by atoms with Gasteiger partial charge in [0.25, 0.3) is 5.91 Å². The van der Waals surface area contributed by atoms with Gasteiger partial charge in [0, 0.05) is 31.6 Å². The van der Waals surface area contributed by atoms with E-state index in [2.05, 4.69) is 15.3 Å². The average Bonchev–Trinajstić information content (AvgIpc) is 2.56. The van der Waals surface area contributed by atoms with Gasteiger partial charge in [-0.3, -0.25) is 9.59 Å². The van der Waals surface area contributed by atoms with E-state index >= 15 is 0 Å². The molecule has 1 saturated heterocycles. The molecule has 2 heterocycles. The van der Waals surface area contributed by atoms with Crippen molar-refractivity contribution in [2.24, 2.45) is 0 Å². The summed E-state index contributed by atoms with van der Waals surface area (Å²) in [6.45, 7) is 6.82. The van der Waals surface area contributed by atoms with E-state index in [0.717, 1.165) is 35.3 Å². The van der Waals surface area contributed by atoms with Crippen LogP contribution in [0.15, 0.2) is 18.2 Å². The predicted molar refractivity (Wildman–Crippen MR) is 91.8 cm³/mol. The molecule has 0 aliphatic carbocycles. The smallest absolute Gasteiger partial charge is 0.251 e. The molecule has 0 atom stereocenters. The number of benzene rings is 1. The Balaban J connectivity index is 1.70. The molecular weight excluding hydrogens is 304 g/mol. The molecule has 0 radical (unpaired) electrons. The lowest BCUT2D eigenvalue weighted by Gasteiger charge is -2.31. The van der Waals surface area contributed by atoms with Gasteiger partial charge in [-0.15, -0.1) is 0 Å². The number of fused-ring (bicyclic) bond motifs is 1. The molecule has 0 bridgehead atoms. The van der Waals surface area contributed by atoms with Crippen LogP contribution in [-0.2, 0) is 4.79 Å². The van der Waals surface area contributed by atoms with Crippen LogP contribution in [0.3, 0.4) is 0 Å². The van der Waals surface area contributed by atoms with Crippen LogP contribution in [0.5, 0.6) is 0 Å². The molecule has 1 fully saturated rings. The Morgan fingerprint density at radius 3 is 2.33 bits per heavy atom. The van der Waals surface area contributed by atoms with Crippen LogP contribution in [0.25, 0.3) is 11.0 Å². The minimum absolute atomic E-state index is 0.0959. The van der Waals surface area contributed by atoms with E-state index in [9.17, 15) is 9.59 Å². The van der Waals surface area contributed by atoms with Crippen molar-refractivity contribution in [2.45, 2.75) is 39.7 Å². The third kappa shape index (κ3) is 3.37. The number of piperidine rings is 1. The van der Waals surface area contributed by atoms with Crippen molar-refractivity contribution < 1.29 is 9.59 Å². The molecule has 1 aromatic heterocycles. The molecule has 1 aliphatic heterocycles. The van der Waals surface area contributed by atoms with Gasteiger partial charge < -0.3 is 10.2 Å². The van der Waals surface area contributed by atoms with E-state index < -0.39 is 0 Å². The highest BCUT2D eigenvalue weighted by molar-refractivity contribution is 5.97. The molecule has 126 valence electrons. The first-order valence-electron chi connectivity index (χ1n) is 8.25. The third-order valence-electron chi connectivity index (χ3n) is 4.61. The number of hydrogen-bond donors (Lipinski definition) is 1. The fraction of sp³-hybridized carbons (Fsp3) is 0.444. The lowest BCUT2D eigenvalue weighted by molar-refractivity contribution is -0.129. The monoisotopic (exact) mass is 326 g/mol. The Kier molecular flexibility index (Phi) is 4.46. The van der Waals surface area contributed by atoms with Crippen LogP contribution < -0.4 is 5.32 Å². The minimum atomic E-state index is -0.0989. The van der Waals surface area contributed by atoms with Crippen LogP contribution in [0.4, 0.5) is 0 Å². The van der Waals surface area contributed by atoms with Gasteiger partial charge >= 0.3 is 0 Å². The van der Waals surface area contributed by atoms with E-state index in [1.54, 1.807) is 19.1 Å². The molecule has 6 nitrogen and oxygen atoms in total. The maximum Gasteiger partial charge on any atom is 0.251 e. The van der Waals surface area contributed by atoms with E-state index in [1.165, 1.54) is 0 Å². The summed E-state index contributed by atoms with van der Waals surface area (Å²) in [5.41, 5.74) is 3.89. The lowest BCUT2D eigenvalue weighted by atomic mass is 10.0. The summed E-state index contributed by atoms with van der Waals surface area (Å²) < 4.78 is 0. The van der Waals surface area contributed by atoms with Crippen LogP contribution in [0.1, 0.15) is 41.5 Å². The summed E-state index contributed by atoms with van der Waals surface area (Å²) in [6.07, 6.45) is 1.58. The number of hydrogen-bond acceptors (Lipinski definition) is 4. The number of nitrogens with one attached hydrogen (secondary N) is 1. The molecule has 6 heteroatoms. The van der Waals surface area contributed by atoms with Crippen LogP contribution in [0.2, 0.25) is 0 Å². The summed E-state index contributed by atoms with van der Waals surface area (Å²) in [7, 11) is 0. The van der Waals surface area contributed by atoms with Gasteiger partial charge in [0.2, 0.25) is 5.91 Å². The Morgan fingerprint density at radius 2 is 1.71 bits per heavy atom. The Bertz CT molecular complexity index is 795. The molecule has 0 unspecified atom stereocenters. The topological polar surface area (TPSA) is 75.2 Å². The molecule has 2 amide bonds. The molecular formula is C18H22N4O2. The van der Waals surface area contributed by atoms with Crippen molar-refractivity contribution in [3.63, 3.8) is 0 Å². The van der Waals surface area contributed by atoms with Crippen molar-refractivity contribution in [3.05, 3.63) is 35.2 Å². The summed E-state index contributed by atoms with van der Waals surface area (Å²) >= 11 is 0. The predicted octanol–water partition coefficient (Wildman–Crippen LogP) is 1.99. The standard InChI is InChI=1S/C18H22N4O2/c1-11-12(2)20-17-10-14(4-5-16(17)19-11)18(24)21-15-6-8-22(9-7-15)13(3)23/h4-5,10,15H,6-9H2,1-3H3,(H,21,24). The van der Waals surface area contributed by atoms with Crippen LogP contribution in [-0.4, -0.2) is 45.8 Å². The first-order valence-corrected chi connectivity index (χ1v) is 8.25. The Morgan fingerprint density at radius 1 is 1.08 bits per heavy atom. The maximum absolute atomic E-state index is 12.5. The number of rotatable bonds is 2. The molecule has 2 aromatic rings. The van der Waals surface area contributed by atoms with Crippen molar-refractivity contribution in [3.8, 4) is 0 Å².